The van der Waals surface area contributed by atoms with E-state index >= 15 is 0 Å². The molecular weight excluding hydrogens is 341 g/mol. The molecule has 3 rings (SSSR count). The summed E-state index contributed by atoms with van der Waals surface area (Å²) in [7, 11) is 0. The van der Waals surface area contributed by atoms with Gasteiger partial charge in [0.05, 0.1) is 22.3 Å². The van der Waals surface area contributed by atoms with Gasteiger partial charge in [-0.2, -0.15) is 5.10 Å². The number of nitrogens with zero attached hydrogens (tertiary/aromatic N) is 3. The van der Waals surface area contributed by atoms with Gasteiger partial charge in [0.15, 0.2) is 17.5 Å². The number of benzene rings is 2. The van der Waals surface area contributed by atoms with Crippen LogP contribution in [-0.4, -0.2) is 20.6 Å². The average Bonchev–Trinajstić information content (AvgIpc) is 2.97. The fraction of sp³-hybridized carbons (Fsp3) is 0.0667. The summed E-state index contributed by atoms with van der Waals surface area (Å²) in [5, 5.41) is 17.4. The van der Waals surface area contributed by atoms with Crippen LogP contribution < -0.4 is 5.32 Å². The summed E-state index contributed by atoms with van der Waals surface area (Å²) >= 11 is 0. The normalized spacial score (nSPS) is 10.8. The van der Waals surface area contributed by atoms with Gasteiger partial charge in [0, 0.05) is 17.5 Å². The van der Waals surface area contributed by atoms with Crippen molar-refractivity contribution in [3.05, 3.63) is 64.1 Å². The van der Waals surface area contributed by atoms with Crippen molar-refractivity contribution in [1.29, 1.82) is 0 Å². The molecule has 2 aromatic carbocycles. The number of fused-ring (bicyclic) bond motifs is 1. The highest BCUT2D eigenvalue weighted by molar-refractivity contribution is 5.92. The summed E-state index contributed by atoms with van der Waals surface area (Å²) in [4.78, 5) is 22.2. The molecule has 0 bridgehead atoms. The Kier molecular flexibility index (Phi) is 4.09. The van der Waals surface area contributed by atoms with Crippen LogP contribution >= 0.6 is 0 Å². The van der Waals surface area contributed by atoms with Crippen molar-refractivity contribution in [1.82, 2.24) is 9.78 Å². The lowest BCUT2D eigenvalue weighted by molar-refractivity contribution is -0.384. The van der Waals surface area contributed by atoms with Crippen LogP contribution in [0.4, 0.5) is 24.5 Å². The van der Waals surface area contributed by atoms with Crippen molar-refractivity contribution in [3.63, 3.8) is 0 Å². The lowest BCUT2D eigenvalue weighted by atomic mass is 10.2. The second-order valence-corrected chi connectivity index (χ2v) is 5.07. The Morgan fingerprint density at radius 1 is 1.20 bits per heavy atom. The zero-order valence-electron chi connectivity index (χ0n) is 12.4. The van der Waals surface area contributed by atoms with E-state index in [2.05, 4.69) is 10.4 Å². The van der Waals surface area contributed by atoms with Gasteiger partial charge in [0.25, 0.3) is 5.69 Å². The minimum Gasteiger partial charge on any atom is -0.322 e. The Morgan fingerprint density at radius 3 is 2.68 bits per heavy atom. The van der Waals surface area contributed by atoms with Gasteiger partial charge in [-0.1, -0.05) is 0 Å². The van der Waals surface area contributed by atoms with E-state index in [1.165, 1.54) is 29.1 Å². The third-order valence-electron chi connectivity index (χ3n) is 3.44. The molecule has 128 valence electrons. The van der Waals surface area contributed by atoms with Crippen molar-refractivity contribution >= 4 is 28.2 Å². The first-order valence-electron chi connectivity index (χ1n) is 6.90. The second-order valence-electron chi connectivity index (χ2n) is 5.07. The molecule has 0 radical (unpaired) electrons. The number of carbonyl (C=O) groups excluding carboxylic acids is 1. The highest BCUT2D eigenvalue weighted by Crippen LogP contribution is 2.22. The molecule has 1 amide bonds. The molecule has 3 aromatic rings. The first-order valence-corrected chi connectivity index (χ1v) is 6.90. The SMILES string of the molecule is O=C(Cn1ncc2ccc([N+](=O)[O-])cc21)Nc1ccc(F)c(F)c1F. The van der Waals surface area contributed by atoms with Gasteiger partial charge in [-0.25, -0.2) is 13.2 Å². The lowest BCUT2D eigenvalue weighted by Gasteiger charge is -2.08. The number of anilines is 1. The Bertz CT molecular complexity index is 1000. The standard InChI is InChI=1S/C15H9F3N4O3/c16-10-3-4-11(15(18)14(10)17)20-13(23)7-21-12-5-9(22(24)25)2-1-8(12)6-19-21/h1-6H,7H2,(H,20,23). The van der Waals surface area contributed by atoms with Gasteiger partial charge in [0.2, 0.25) is 5.91 Å². The molecule has 1 aromatic heterocycles. The molecule has 25 heavy (non-hydrogen) atoms. The van der Waals surface area contributed by atoms with Crippen LogP contribution in [0.2, 0.25) is 0 Å². The highest BCUT2D eigenvalue weighted by Gasteiger charge is 2.17. The largest absolute Gasteiger partial charge is 0.322 e. The van der Waals surface area contributed by atoms with Crippen LogP contribution in [0.5, 0.6) is 0 Å². The molecule has 0 saturated carbocycles. The number of amides is 1. The molecule has 0 saturated heterocycles. The molecule has 0 atom stereocenters. The molecule has 7 nitrogen and oxygen atoms in total. The quantitative estimate of drug-likeness (QED) is 0.445. The monoisotopic (exact) mass is 350 g/mol. The summed E-state index contributed by atoms with van der Waals surface area (Å²) in [5.41, 5.74) is -0.372. The van der Waals surface area contributed by atoms with Crippen LogP contribution in [0.1, 0.15) is 0 Å². The number of nitrogens with one attached hydrogen (secondary N) is 1. The maximum absolute atomic E-state index is 13.6. The first kappa shape index (κ1) is 16.4. The molecule has 1 heterocycles. The molecule has 0 unspecified atom stereocenters. The van der Waals surface area contributed by atoms with Gasteiger partial charge < -0.3 is 5.32 Å². The minimum absolute atomic E-state index is 0.179. The number of aromatic nitrogens is 2. The van der Waals surface area contributed by atoms with Crippen molar-refractivity contribution in [3.8, 4) is 0 Å². The average molecular weight is 350 g/mol. The summed E-state index contributed by atoms with van der Waals surface area (Å²) in [6, 6.07) is 5.58. The van der Waals surface area contributed by atoms with E-state index in [4.69, 9.17) is 0 Å². The number of nitro groups is 1. The van der Waals surface area contributed by atoms with Crippen LogP contribution in [0.3, 0.4) is 0 Å². The Balaban J connectivity index is 1.84. The molecule has 0 aliphatic rings. The van der Waals surface area contributed by atoms with Gasteiger partial charge in [0.1, 0.15) is 6.54 Å². The molecule has 10 heteroatoms. The second kappa shape index (κ2) is 6.23. The topological polar surface area (TPSA) is 90.1 Å². The maximum atomic E-state index is 13.6. The lowest BCUT2D eigenvalue weighted by Crippen LogP contribution is -2.20. The Hall–Kier alpha value is -3.43. The van der Waals surface area contributed by atoms with Gasteiger partial charge in [-0.3, -0.25) is 19.6 Å². The predicted octanol–water partition coefficient (Wildman–Crippen LogP) is 3.00. The number of rotatable bonds is 4. The van der Waals surface area contributed by atoms with E-state index in [0.717, 1.165) is 6.07 Å². The van der Waals surface area contributed by atoms with E-state index in [0.29, 0.717) is 17.0 Å². The minimum atomic E-state index is -1.70. The van der Waals surface area contributed by atoms with Crippen LogP contribution in [0, 0.1) is 27.6 Å². The van der Waals surface area contributed by atoms with E-state index in [1.54, 1.807) is 0 Å². The zero-order chi connectivity index (χ0) is 18.1. The van der Waals surface area contributed by atoms with Crippen LogP contribution in [0.15, 0.2) is 36.5 Å². The molecule has 1 N–H and O–H groups in total. The zero-order valence-corrected chi connectivity index (χ0v) is 12.4. The summed E-state index contributed by atoms with van der Waals surface area (Å²) in [6.07, 6.45) is 1.41. The van der Waals surface area contributed by atoms with E-state index in [1.807, 2.05) is 0 Å². The molecule has 0 aliphatic heterocycles. The van der Waals surface area contributed by atoms with Crippen molar-refractivity contribution in [2.24, 2.45) is 0 Å². The number of halogens is 3. The van der Waals surface area contributed by atoms with Gasteiger partial charge >= 0.3 is 0 Å². The van der Waals surface area contributed by atoms with Crippen LogP contribution in [0.25, 0.3) is 10.9 Å². The molecule has 0 aliphatic carbocycles. The van der Waals surface area contributed by atoms with E-state index in [-0.39, 0.29) is 5.69 Å². The van der Waals surface area contributed by atoms with Gasteiger partial charge in [-0.05, 0) is 18.2 Å². The maximum Gasteiger partial charge on any atom is 0.271 e. The predicted molar refractivity (Wildman–Crippen MR) is 81.3 cm³/mol. The van der Waals surface area contributed by atoms with Crippen molar-refractivity contribution in [2.75, 3.05) is 5.32 Å². The van der Waals surface area contributed by atoms with Crippen molar-refractivity contribution < 1.29 is 22.9 Å². The number of non-ortho nitro benzene ring substituents is 1. The fourth-order valence-electron chi connectivity index (χ4n) is 2.25. The summed E-state index contributed by atoms with van der Waals surface area (Å²) in [5.74, 6) is -5.35. The molecular formula is C15H9F3N4O3. The summed E-state index contributed by atoms with van der Waals surface area (Å²) < 4.78 is 40.8. The first-order chi connectivity index (χ1) is 11.9. The Labute approximate surface area is 137 Å². The van der Waals surface area contributed by atoms with Gasteiger partial charge in [-0.15, -0.1) is 0 Å². The summed E-state index contributed by atoms with van der Waals surface area (Å²) in [6.45, 7) is -0.400. The third kappa shape index (κ3) is 3.13. The smallest absolute Gasteiger partial charge is 0.271 e. The molecule has 0 fully saturated rings. The number of hydrogen-bond donors (Lipinski definition) is 1. The number of carbonyl (C=O) groups is 1. The Morgan fingerprint density at radius 2 is 1.96 bits per heavy atom. The van der Waals surface area contributed by atoms with E-state index < -0.39 is 40.5 Å². The number of nitro benzene ring substituents is 1. The highest BCUT2D eigenvalue weighted by atomic mass is 19.2. The van der Waals surface area contributed by atoms with E-state index in [9.17, 15) is 28.1 Å². The van der Waals surface area contributed by atoms with Crippen LogP contribution in [-0.2, 0) is 11.3 Å². The third-order valence-corrected chi connectivity index (χ3v) is 3.44. The molecule has 0 spiro atoms. The van der Waals surface area contributed by atoms with Crippen molar-refractivity contribution in [2.45, 2.75) is 6.54 Å². The number of hydrogen-bond acceptors (Lipinski definition) is 4. The fourth-order valence-corrected chi connectivity index (χ4v) is 2.25.